The van der Waals surface area contributed by atoms with Crippen LogP contribution in [0.4, 0.5) is 0 Å². The highest BCUT2D eigenvalue weighted by atomic mass is 32.3. The van der Waals surface area contributed by atoms with E-state index >= 15 is 0 Å². The summed E-state index contributed by atoms with van der Waals surface area (Å²) in [4.78, 5) is 0. The van der Waals surface area contributed by atoms with Gasteiger partial charge in [-0.3, -0.25) is 0 Å². The SMILES string of the molecule is CCCCCCCSC1=C(SCCCCCCC)SC(=C2SC3=C(S2)SC(=C2SC(SCCCCCCC)=C(SCCCCCCC)S2)S3)S1. The van der Waals surface area contributed by atoms with Gasteiger partial charge in [0.15, 0.2) is 0 Å². The predicted molar refractivity (Wildman–Crippen MR) is 261 cm³/mol. The molecule has 0 radical (unpaired) electrons. The topological polar surface area (TPSA) is 0 Å². The Bertz CT molecular complexity index is 1010. The Balaban J connectivity index is 1.30. The summed E-state index contributed by atoms with van der Waals surface area (Å²) in [5.41, 5.74) is 0. The number of hydrogen-bond acceptors (Lipinski definition) is 12. The van der Waals surface area contributed by atoms with Gasteiger partial charge in [0.2, 0.25) is 0 Å². The van der Waals surface area contributed by atoms with E-state index in [9.17, 15) is 0 Å². The van der Waals surface area contributed by atoms with Crippen molar-refractivity contribution in [1.82, 2.24) is 0 Å². The molecule has 0 aliphatic carbocycles. The van der Waals surface area contributed by atoms with Crippen LogP contribution < -0.4 is 0 Å². The maximum absolute atomic E-state index is 2.31. The second kappa shape index (κ2) is 28.3. The standard InChI is InChI=1S/C38H60S12/c1-5-9-13-17-21-25-39-29-30(40-26-22-18-14-10-6-2)44-33(43-29)35-47-37-38(48-35)50-36(49-37)34-45-31(41-27-23-19-15-11-7-3)32(46-34)42-28-24-20-16-12-8-4/h5-28H2,1-4H3. The number of rotatable bonds is 28. The lowest BCUT2D eigenvalue weighted by Crippen LogP contribution is -1.84. The summed E-state index contributed by atoms with van der Waals surface area (Å²) in [5, 5.41) is 0. The lowest BCUT2D eigenvalue weighted by atomic mass is 10.2. The molecule has 0 spiro atoms. The summed E-state index contributed by atoms with van der Waals surface area (Å²) in [7, 11) is 0. The fourth-order valence-electron chi connectivity index (χ4n) is 5.30. The van der Waals surface area contributed by atoms with Crippen molar-refractivity contribution in [3.8, 4) is 0 Å². The minimum Gasteiger partial charge on any atom is -0.117 e. The lowest BCUT2D eigenvalue weighted by molar-refractivity contribution is 0.659. The Morgan fingerprint density at radius 2 is 0.460 bits per heavy atom. The van der Waals surface area contributed by atoms with Gasteiger partial charge in [0.25, 0.3) is 0 Å². The van der Waals surface area contributed by atoms with Crippen LogP contribution in [0.2, 0.25) is 0 Å². The number of unbranched alkanes of at least 4 members (excludes halogenated alkanes) is 16. The highest BCUT2D eigenvalue weighted by molar-refractivity contribution is 8.51. The van der Waals surface area contributed by atoms with Crippen LogP contribution >= 0.6 is 141 Å². The van der Waals surface area contributed by atoms with Crippen LogP contribution in [0.1, 0.15) is 156 Å². The van der Waals surface area contributed by atoms with E-state index in [1.165, 1.54) is 168 Å². The van der Waals surface area contributed by atoms with E-state index < -0.39 is 0 Å². The predicted octanol–water partition coefficient (Wildman–Crippen LogP) is 19.4. The van der Waals surface area contributed by atoms with Crippen molar-refractivity contribution < 1.29 is 0 Å². The van der Waals surface area contributed by atoms with Gasteiger partial charge in [0.1, 0.15) is 0 Å². The zero-order valence-corrected chi connectivity index (χ0v) is 40.7. The van der Waals surface area contributed by atoms with E-state index in [1.807, 2.05) is 0 Å². The Morgan fingerprint density at radius 1 is 0.260 bits per heavy atom. The first kappa shape index (κ1) is 45.6. The van der Waals surface area contributed by atoms with E-state index in [2.05, 4.69) is 169 Å². The fraction of sp³-hybridized carbons (Fsp3) is 0.737. The molecule has 284 valence electrons. The first-order valence-electron chi connectivity index (χ1n) is 19.3. The van der Waals surface area contributed by atoms with Crippen LogP contribution in [-0.2, 0) is 0 Å². The first-order valence-corrected chi connectivity index (χ1v) is 29.8. The molecular formula is C38H60S12. The highest BCUT2D eigenvalue weighted by Gasteiger charge is 2.37. The van der Waals surface area contributed by atoms with Gasteiger partial charge < -0.3 is 0 Å². The van der Waals surface area contributed by atoms with Crippen LogP contribution in [0, 0.1) is 0 Å². The van der Waals surface area contributed by atoms with Crippen LogP contribution in [0.15, 0.2) is 42.4 Å². The minimum atomic E-state index is 1.27. The quantitative estimate of drug-likeness (QED) is 0.0687. The molecule has 50 heavy (non-hydrogen) atoms. The summed E-state index contributed by atoms with van der Waals surface area (Å²) < 4.78 is 15.6. The van der Waals surface area contributed by atoms with Gasteiger partial charge >= 0.3 is 0 Å². The highest BCUT2D eigenvalue weighted by Crippen LogP contribution is 2.73. The summed E-state index contributed by atoms with van der Waals surface area (Å²) in [5.74, 6) is 5.09. The van der Waals surface area contributed by atoms with Crippen molar-refractivity contribution in [2.24, 2.45) is 0 Å². The van der Waals surface area contributed by atoms with Crippen molar-refractivity contribution in [3.05, 3.63) is 42.4 Å². The van der Waals surface area contributed by atoms with Crippen LogP contribution in [0.5, 0.6) is 0 Å². The molecular weight excluding hydrogens is 841 g/mol. The first-order chi connectivity index (χ1) is 24.7. The molecule has 4 rings (SSSR count). The van der Waals surface area contributed by atoms with E-state index in [-0.39, 0.29) is 0 Å². The molecule has 0 aromatic carbocycles. The molecule has 0 aromatic heterocycles. The Hall–Kier alpha value is 2.90. The molecule has 0 fully saturated rings. The van der Waals surface area contributed by atoms with Crippen LogP contribution in [0.25, 0.3) is 0 Å². The molecule has 0 unspecified atom stereocenters. The van der Waals surface area contributed by atoms with Gasteiger partial charge in [0.05, 0.1) is 42.4 Å². The summed E-state index contributed by atoms with van der Waals surface area (Å²) >= 11 is 25.2. The molecule has 0 atom stereocenters. The lowest BCUT2D eigenvalue weighted by Gasteiger charge is -2.07. The molecule has 12 heteroatoms. The molecule has 0 bridgehead atoms. The molecule has 0 N–H and O–H groups in total. The van der Waals surface area contributed by atoms with Gasteiger partial charge in [-0.05, 0) is 48.7 Å². The van der Waals surface area contributed by atoms with E-state index in [1.54, 1.807) is 25.4 Å². The molecule has 0 saturated heterocycles. The molecule has 4 heterocycles. The van der Waals surface area contributed by atoms with Crippen molar-refractivity contribution in [2.45, 2.75) is 156 Å². The Labute approximate surface area is 358 Å². The van der Waals surface area contributed by atoms with Gasteiger partial charge in [-0.1, -0.05) is 225 Å². The monoisotopic (exact) mass is 900 g/mol. The van der Waals surface area contributed by atoms with Crippen molar-refractivity contribution in [3.63, 3.8) is 0 Å². The van der Waals surface area contributed by atoms with Gasteiger partial charge in [-0.15, -0.1) is 47.0 Å². The molecule has 0 saturated carbocycles. The largest absolute Gasteiger partial charge is 0.117 e. The van der Waals surface area contributed by atoms with E-state index in [4.69, 9.17) is 0 Å². The Kier molecular flexibility index (Phi) is 25.8. The van der Waals surface area contributed by atoms with Crippen molar-refractivity contribution in [1.29, 1.82) is 0 Å². The third-order valence-electron chi connectivity index (χ3n) is 8.24. The molecule has 4 aliphatic heterocycles. The average Bonchev–Trinajstić information content (AvgIpc) is 3.90. The van der Waals surface area contributed by atoms with E-state index in [0.717, 1.165) is 0 Å². The normalized spacial score (nSPS) is 18.0. The van der Waals surface area contributed by atoms with Crippen molar-refractivity contribution >= 4 is 141 Å². The zero-order valence-electron chi connectivity index (χ0n) is 30.9. The molecule has 0 amide bonds. The van der Waals surface area contributed by atoms with Crippen LogP contribution in [0.3, 0.4) is 0 Å². The molecule has 0 nitrogen and oxygen atoms in total. The third kappa shape index (κ3) is 16.8. The number of hydrogen-bond donors (Lipinski definition) is 0. The minimum absolute atomic E-state index is 1.27. The smallest absolute Gasteiger partial charge is 0.0718 e. The number of thioether (sulfide) groups is 12. The summed E-state index contributed by atoms with van der Waals surface area (Å²) in [6, 6.07) is 0. The zero-order chi connectivity index (χ0) is 35.2. The summed E-state index contributed by atoms with van der Waals surface area (Å²) in [6.07, 6.45) is 27.4. The third-order valence-corrected chi connectivity index (χ3v) is 26.3. The van der Waals surface area contributed by atoms with Crippen LogP contribution in [-0.4, -0.2) is 23.0 Å². The maximum Gasteiger partial charge on any atom is 0.0718 e. The van der Waals surface area contributed by atoms with Crippen molar-refractivity contribution in [2.75, 3.05) is 23.0 Å². The van der Waals surface area contributed by atoms with Gasteiger partial charge in [0, 0.05) is 0 Å². The van der Waals surface area contributed by atoms with Gasteiger partial charge in [-0.2, -0.15) is 0 Å². The van der Waals surface area contributed by atoms with Gasteiger partial charge in [-0.25, -0.2) is 0 Å². The fourth-order valence-corrected chi connectivity index (χ4v) is 24.2. The Morgan fingerprint density at radius 3 is 0.680 bits per heavy atom. The second-order valence-electron chi connectivity index (χ2n) is 12.7. The van der Waals surface area contributed by atoms with E-state index in [0.29, 0.717) is 0 Å². The maximum atomic E-state index is 2.31. The average molecular weight is 902 g/mol. The summed E-state index contributed by atoms with van der Waals surface area (Å²) in [6.45, 7) is 9.26. The second-order valence-corrected chi connectivity index (χ2v) is 27.9. The molecule has 4 aliphatic rings. The molecule has 0 aromatic rings.